The lowest BCUT2D eigenvalue weighted by molar-refractivity contribution is -0.152. The van der Waals surface area contributed by atoms with Crippen LogP contribution in [0.2, 0.25) is 25.7 Å². The highest BCUT2D eigenvalue weighted by molar-refractivity contribution is 6.76. The molecule has 1 aromatic carbocycles. The molecule has 1 saturated carbocycles. The summed E-state index contributed by atoms with van der Waals surface area (Å²) in [4.78, 5) is 38.8. The van der Waals surface area contributed by atoms with E-state index in [-0.39, 0.29) is 35.9 Å². The third-order valence-corrected chi connectivity index (χ3v) is 8.19. The highest BCUT2D eigenvalue weighted by atomic mass is 28.3. The molecular weight excluding hydrogens is 424 g/mol. The van der Waals surface area contributed by atoms with Gasteiger partial charge < -0.3 is 20.5 Å². The standard InChI is InChI=1S/C24H36N2O5Si/c1-5-6-7-10-25-24(30)26-22-20-17-13-15(27)8-9-16(17)18(14-19(20)28)21(22)23(29)31-11-12-32(2,3)4/h8-9,13,18,20-22,27H,5-7,10-12,14H2,1-4H3,(H2,25,26,30)/t18?,20-,21-,22-/m1/s1. The number of hydrogen-bond donors (Lipinski definition) is 3. The number of benzene rings is 1. The summed E-state index contributed by atoms with van der Waals surface area (Å²) in [6.45, 7) is 9.65. The summed E-state index contributed by atoms with van der Waals surface area (Å²) in [6.07, 6.45) is 3.19. The van der Waals surface area contributed by atoms with Gasteiger partial charge in [-0.3, -0.25) is 9.59 Å². The number of hydrogen-bond acceptors (Lipinski definition) is 5. The van der Waals surface area contributed by atoms with Crippen LogP contribution < -0.4 is 10.6 Å². The summed E-state index contributed by atoms with van der Waals surface area (Å²) in [7, 11) is -1.37. The zero-order valence-electron chi connectivity index (χ0n) is 19.6. The molecular formula is C24H36N2O5Si. The molecule has 0 radical (unpaired) electrons. The molecule has 1 fully saturated rings. The minimum atomic E-state index is -1.37. The Hall–Kier alpha value is -2.35. The van der Waals surface area contributed by atoms with Crippen LogP contribution in [0.3, 0.4) is 0 Å². The molecule has 32 heavy (non-hydrogen) atoms. The van der Waals surface area contributed by atoms with Crippen LogP contribution in [-0.4, -0.2) is 50.2 Å². The fraction of sp³-hybridized carbons (Fsp3) is 0.625. The van der Waals surface area contributed by atoms with Crippen molar-refractivity contribution < 1.29 is 24.2 Å². The number of rotatable bonds is 9. The lowest BCUT2D eigenvalue weighted by Gasteiger charge is -2.47. The van der Waals surface area contributed by atoms with Crippen LogP contribution >= 0.6 is 0 Å². The normalized spacial score (nSPS) is 24.1. The molecule has 8 heteroatoms. The molecule has 7 nitrogen and oxygen atoms in total. The molecule has 2 amide bonds. The van der Waals surface area contributed by atoms with Gasteiger partial charge in [-0.05, 0) is 35.7 Å². The first-order valence-electron chi connectivity index (χ1n) is 11.7. The highest BCUT2D eigenvalue weighted by Crippen LogP contribution is 2.52. The molecule has 2 bridgehead atoms. The molecule has 0 aliphatic heterocycles. The van der Waals surface area contributed by atoms with Crippen molar-refractivity contribution in [2.75, 3.05) is 13.2 Å². The third kappa shape index (κ3) is 5.52. The lowest BCUT2D eigenvalue weighted by atomic mass is 9.58. The van der Waals surface area contributed by atoms with Gasteiger partial charge in [-0.15, -0.1) is 0 Å². The third-order valence-electron chi connectivity index (χ3n) is 6.48. The van der Waals surface area contributed by atoms with Gasteiger partial charge >= 0.3 is 12.0 Å². The van der Waals surface area contributed by atoms with Crippen LogP contribution in [0.4, 0.5) is 4.79 Å². The van der Waals surface area contributed by atoms with Gasteiger partial charge in [0.2, 0.25) is 0 Å². The summed E-state index contributed by atoms with van der Waals surface area (Å²) in [6, 6.07) is 4.75. The smallest absolute Gasteiger partial charge is 0.315 e. The van der Waals surface area contributed by atoms with E-state index in [0.29, 0.717) is 18.7 Å². The summed E-state index contributed by atoms with van der Waals surface area (Å²) in [5.74, 6) is -1.97. The number of carbonyl (C=O) groups is 3. The van der Waals surface area contributed by atoms with Crippen molar-refractivity contribution in [3.63, 3.8) is 0 Å². The number of amides is 2. The van der Waals surface area contributed by atoms with Gasteiger partial charge in [-0.2, -0.15) is 0 Å². The maximum absolute atomic E-state index is 13.2. The van der Waals surface area contributed by atoms with E-state index in [1.54, 1.807) is 18.2 Å². The number of phenolic OH excluding ortho intramolecular Hbond substituents is 1. The number of urea groups is 1. The molecule has 4 atom stereocenters. The SMILES string of the molecule is CCCCCNC(=O)N[C@H]1[C@H](C(=O)OCC[Si](C)(C)C)C2CC(=O)[C@H]1c1cc(O)ccc12. The van der Waals surface area contributed by atoms with Crippen molar-refractivity contribution >= 4 is 25.9 Å². The molecule has 3 aliphatic rings. The summed E-state index contributed by atoms with van der Waals surface area (Å²) >= 11 is 0. The molecule has 1 aromatic rings. The molecule has 0 aromatic heterocycles. The second-order valence-electron chi connectivity index (χ2n) is 10.2. The van der Waals surface area contributed by atoms with Gasteiger partial charge in [-0.1, -0.05) is 45.5 Å². The molecule has 4 rings (SSSR count). The summed E-state index contributed by atoms with van der Waals surface area (Å²) < 4.78 is 5.67. The topological polar surface area (TPSA) is 105 Å². The average Bonchev–Trinajstić information content (AvgIpc) is 2.70. The number of carbonyl (C=O) groups excluding carboxylic acids is 3. The van der Waals surface area contributed by atoms with E-state index in [0.717, 1.165) is 30.9 Å². The monoisotopic (exact) mass is 460 g/mol. The number of ether oxygens (including phenoxy) is 1. The number of nitrogens with one attached hydrogen (secondary N) is 2. The van der Waals surface area contributed by atoms with E-state index in [1.807, 2.05) is 0 Å². The van der Waals surface area contributed by atoms with Crippen LogP contribution in [-0.2, 0) is 14.3 Å². The van der Waals surface area contributed by atoms with Crippen LogP contribution in [0.1, 0.15) is 55.6 Å². The van der Waals surface area contributed by atoms with E-state index in [9.17, 15) is 19.5 Å². The minimum absolute atomic E-state index is 0.0180. The Morgan fingerprint density at radius 3 is 2.62 bits per heavy atom. The molecule has 176 valence electrons. The maximum Gasteiger partial charge on any atom is 0.315 e. The predicted octanol–water partition coefficient (Wildman–Crippen LogP) is 3.90. The van der Waals surface area contributed by atoms with Gasteiger partial charge in [0, 0.05) is 27.0 Å². The summed E-state index contributed by atoms with van der Waals surface area (Å²) in [5, 5.41) is 15.8. The van der Waals surface area contributed by atoms with E-state index in [2.05, 4.69) is 37.2 Å². The lowest BCUT2D eigenvalue weighted by Crippen LogP contribution is -2.59. The Morgan fingerprint density at radius 1 is 1.19 bits per heavy atom. The Bertz CT molecular complexity index is 866. The highest BCUT2D eigenvalue weighted by Gasteiger charge is 2.55. The first kappa shape index (κ1) is 24.3. The van der Waals surface area contributed by atoms with Crippen LogP contribution in [0, 0.1) is 5.92 Å². The Labute approximate surface area is 191 Å². The van der Waals surface area contributed by atoms with Crippen molar-refractivity contribution in [3.05, 3.63) is 29.3 Å². The fourth-order valence-corrected chi connectivity index (χ4v) is 5.50. The van der Waals surface area contributed by atoms with Gasteiger partial charge in [0.1, 0.15) is 11.5 Å². The van der Waals surface area contributed by atoms with Crippen LogP contribution in [0.15, 0.2) is 18.2 Å². The fourth-order valence-electron chi connectivity index (χ4n) is 4.79. The van der Waals surface area contributed by atoms with Gasteiger partial charge in [0.15, 0.2) is 0 Å². The Morgan fingerprint density at radius 2 is 1.94 bits per heavy atom. The number of phenols is 1. The number of Topliss-reactive ketones (excluding diaryl/α,β-unsaturated/α-hetero) is 1. The first-order chi connectivity index (χ1) is 15.1. The average molecular weight is 461 g/mol. The Kier molecular flexibility index (Phi) is 7.64. The van der Waals surface area contributed by atoms with Gasteiger partial charge in [0.05, 0.1) is 24.5 Å². The number of fused-ring (bicyclic) bond motifs is 2. The van der Waals surface area contributed by atoms with E-state index in [4.69, 9.17) is 4.74 Å². The van der Waals surface area contributed by atoms with Crippen molar-refractivity contribution in [3.8, 4) is 5.75 Å². The first-order valence-corrected chi connectivity index (χ1v) is 15.4. The molecule has 3 N–H and O–H groups in total. The zero-order valence-corrected chi connectivity index (χ0v) is 20.6. The van der Waals surface area contributed by atoms with Gasteiger partial charge in [0.25, 0.3) is 0 Å². The van der Waals surface area contributed by atoms with Crippen molar-refractivity contribution in [1.29, 1.82) is 0 Å². The van der Waals surface area contributed by atoms with Gasteiger partial charge in [-0.25, -0.2) is 4.79 Å². The van der Waals surface area contributed by atoms with E-state index >= 15 is 0 Å². The van der Waals surface area contributed by atoms with Crippen molar-refractivity contribution in [2.24, 2.45) is 5.92 Å². The summed E-state index contributed by atoms with van der Waals surface area (Å²) in [5.41, 5.74) is 1.59. The van der Waals surface area contributed by atoms with Crippen molar-refractivity contribution in [1.82, 2.24) is 10.6 Å². The second-order valence-corrected chi connectivity index (χ2v) is 15.8. The molecule has 0 heterocycles. The molecule has 1 unspecified atom stereocenters. The quantitative estimate of drug-likeness (QED) is 0.294. The minimum Gasteiger partial charge on any atom is -0.508 e. The molecule has 3 aliphatic carbocycles. The molecule has 0 spiro atoms. The number of esters is 1. The van der Waals surface area contributed by atoms with E-state index < -0.39 is 26.0 Å². The van der Waals surface area contributed by atoms with Crippen molar-refractivity contribution in [2.45, 2.75) is 76.2 Å². The largest absolute Gasteiger partial charge is 0.508 e. The van der Waals surface area contributed by atoms with Crippen LogP contribution in [0.5, 0.6) is 5.75 Å². The second kappa shape index (κ2) is 10.1. The maximum atomic E-state index is 13.2. The number of aromatic hydroxyl groups is 1. The predicted molar refractivity (Wildman–Crippen MR) is 126 cm³/mol. The van der Waals surface area contributed by atoms with E-state index in [1.165, 1.54) is 0 Å². The van der Waals surface area contributed by atoms with Crippen LogP contribution in [0.25, 0.3) is 0 Å². The number of unbranched alkanes of at least 4 members (excludes halogenated alkanes) is 2. The number of ketones is 1. The Balaban J connectivity index is 1.83. The zero-order chi connectivity index (χ0) is 23.5. The molecule has 0 saturated heterocycles.